The van der Waals surface area contributed by atoms with E-state index in [4.69, 9.17) is 11.6 Å². The van der Waals surface area contributed by atoms with Crippen LogP contribution in [0.25, 0.3) is 22.6 Å². The van der Waals surface area contributed by atoms with Crippen molar-refractivity contribution in [3.05, 3.63) is 69.5 Å². The highest BCUT2D eigenvalue weighted by Crippen LogP contribution is 2.28. The molecule has 4 aromatic rings. The van der Waals surface area contributed by atoms with Gasteiger partial charge in [-0.1, -0.05) is 61.7 Å². The number of hydrogen-bond donors (Lipinski definition) is 1. The standard InChI is InChI=1S/C23H26ClN7O/c1-3-5-6-11-20-21(24)30(4-2)23(32)31(20)15-16-12-13-19(25-14-16)17-9-7-8-10-18(17)22-26-28-29-27-22/h7-10,12-14H,3-6,11,15H2,1-2H3,(H,26,27,28,29). The lowest BCUT2D eigenvalue weighted by Gasteiger charge is -2.09. The highest BCUT2D eigenvalue weighted by molar-refractivity contribution is 6.30. The Hall–Kier alpha value is -3.26. The molecular formula is C23H26ClN7O. The molecule has 1 aromatic carbocycles. The molecule has 0 saturated carbocycles. The van der Waals surface area contributed by atoms with Crippen LogP contribution < -0.4 is 5.69 Å². The number of unbranched alkanes of at least 4 members (excludes halogenated alkanes) is 2. The summed E-state index contributed by atoms with van der Waals surface area (Å²) in [6.45, 7) is 5.09. The summed E-state index contributed by atoms with van der Waals surface area (Å²) in [7, 11) is 0. The van der Waals surface area contributed by atoms with E-state index in [0.717, 1.165) is 53.8 Å². The Kier molecular flexibility index (Phi) is 6.80. The van der Waals surface area contributed by atoms with E-state index in [0.29, 0.717) is 24.1 Å². The summed E-state index contributed by atoms with van der Waals surface area (Å²) >= 11 is 6.56. The predicted octanol–water partition coefficient (Wildman–Crippen LogP) is 4.35. The Bertz CT molecular complexity index is 1230. The van der Waals surface area contributed by atoms with E-state index in [-0.39, 0.29) is 5.69 Å². The molecule has 8 nitrogen and oxygen atoms in total. The van der Waals surface area contributed by atoms with Crippen LogP contribution in [0.15, 0.2) is 47.4 Å². The molecule has 166 valence electrons. The van der Waals surface area contributed by atoms with Crippen LogP contribution in [-0.2, 0) is 19.5 Å². The minimum atomic E-state index is -0.0736. The molecule has 0 aliphatic carbocycles. The average Bonchev–Trinajstić information content (AvgIpc) is 3.43. The van der Waals surface area contributed by atoms with Crippen LogP contribution in [0, 0.1) is 0 Å². The number of nitrogens with zero attached hydrogens (tertiary/aromatic N) is 6. The van der Waals surface area contributed by atoms with Gasteiger partial charge < -0.3 is 0 Å². The summed E-state index contributed by atoms with van der Waals surface area (Å²) in [5.74, 6) is 0.519. The van der Waals surface area contributed by atoms with Crippen molar-refractivity contribution >= 4 is 11.6 Å². The van der Waals surface area contributed by atoms with E-state index < -0.39 is 0 Å². The molecule has 0 unspecified atom stereocenters. The second-order valence-corrected chi connectivity index (χ2v) is 8.00. The molecule has 0 fully saturated rings. The number of hydrogen-bond acceptors (Lipinski definition) is 5. The van der Waals surface area contributed by atoms with Crippen molar-refractivity contribution in [1.29, 1.82) is 0 Å². The Labute approximate surface area is 191 Å². The van der Waals surface area contributed by atoms with Gasteiger partial charge in [-0.05, 0) is 36.6 Å². The lowest BCUT2D eigenvalue weighted by molar-refractivity contribution is 0.637. The first-order chi connectivity index (χ1) is 15.6. The Balaban J connectivity index is 1.63. The fourth-order valence-electron chi connectivity index (χ4n) is 3.87. The van der Waals surface area contributed by atoms with Crippen LogP contribution >= 0.6 is 11.6 Å². The van der Waals surface area contributed by atoms with Crippen molar-refractivity contribution in [1.82, 2.24) is 34.7 Å². The van der Waals surface area contributed by atoms with Gasteiger partial charge in [0.25, 0.3) is 0 Å². The van der Waals surface area contributed by atoms with E-state index in [1.54, 1.807) is 9.13 Å². The number of pyridine rings is 1. The molecule has 3 heterocycles. The first kappa shape index (κ1) is 22.0. The summed E-state index contributed by atoms with van der Waals surface area (Å²) in [6.07, 6.45) is 5.83. The fourth-order valence-corrected chi connectivity index (χ4v) is 4.26. The zero-order valence-corrected chi connectivity index (χ0v) is 19.0. The number of imidazole rings is 1. The zero-order valence-electron chi connectivity index (χ0n) is 18.3. The van der Waals surface area contributed by atoms with Crippen LogP contribution in [0.5, 0.6) is 0 Å². The number of halogens is 1. The van der Waals surface area contributed by atoms with E-state index >= 15 is 0 Å². The number of aromatic amines is 1. The quantitative estimate of drug-likeness (QED) is 0.382. The van der Waals surface area contributed by atoms with E-state index in [1.165, 1.54) is 0 Å². The molecule has 0 radical (unpaired) electrons. The maximum Gasteiger partial charge on any atom is 0.329 e. The van der Waals surface area contributed by atoms with Crippen LogP contribution in [0.2, 0.25) is 5.15 Å². The van der Waals surface area contributed by atoms with Gasteiger partial charge in [0.1, 0.15) is 5.15 Å². The van der Waals surface area contributed by atoms with Gasteiger partial charge in [-0.25, -0.2) is 4.79 Å². The van der Waals surface area contributed by atoms with Crippen LogP contribution in [0.4, 0.5) is 0 Å². The Morgan fingerprint density at radius 3 is 2.50 bits per heavy atom. The molecule has 0 amide bonds. The zero-order chi connectivity index (χ0) is 22.5. The molecule has 0 spiro atoms. The average molecular weight is 452 g/mol. The molecule has 32 heavy (non-hydrogen) atoms. The predicted molar refractivity (Wildman–Crippen MR) is 125 cm³/mol. The van der Waals surface area contributed by atoms with Gasteiger partial charge in [0.15, 0.2) is 0 Å². The largest absolute Gasteiger partial charge is 0.329 e. The second-order valence-electron chi connectivity index (χ2n) is 7.64. The SMILES string of the molecule is CCCCCc1c(Cl)n(CC)c(=O)n1Cc1ccc(-c2ccccc2-c2nn[nH]n2)nc1. The van der Waals surface area contributed by atoms with E-state index in [9.17, 15) is 4.79 Å². The van der Waals surface area contributed by atoms with Crippen LogP contribution in [0.1, 0.15) is 44.4 Å². The molecule has 0 saturated heterocycles. The maximum atomic E-state index is 12.9. The first-order valence-corrected chi connectivity index (χ1v) is 11.3. The maximum absolute atomic E-state index is 12.9. The molecule has 0 bridgehead atoms. The van der Waals surface area contributed by atoms with Gasteiger partial charge in [-0.15, -0.1) is 10.2 Å². The Morgan fingerprint density at radius 2 is 1.84 bits per heavy atom. The molecule has 0 atom stereocenters. The van der Waals surface area contributed by atoms with Gasteiger partial charge >= 0.3 is 5.69 Å². The van der Waals surface area contributed by atoms with Gasteiger partial charge in [-0.3, -0.25) is 14.1 Å². The number of H-pyrrole nitrogens is 1. The molecule has 0 aliphatic rings. The minimum Gasteiger partial charge on any atom is -0.290 e. The number of benzene rings is 1. The van der Waals surface area contributed by atoms with Crippen LogP contribution in [-0.4, -0.2) is 34.7 Å². The summed E-state index contributed by atoms with van der Waals surface area (Å²) in [5, 5.41) is 14.9. The summed E-state index contributed by atoms with van der Waals surface area (Å²) in [5.41, 5.74) is 4.33. The first-order valence-electron chi connectivity index (χ1n) is 10.9. The topological polar surface area (TPSA) is 94.3 Å². The molecule has 4 rings (SSSR count). The number of aromatic nitrogens is 7. The normalized spacial score (nSPS) is 11.2. The number of nitrogens with one attached hydrogen (secondary N) is 1. The van der Waals surface area contributed by atoms with E-state index in [2.05, 4.69) is 32.5 Å². The number of rotatable bonds is 9. The van der Waals surface area contributed by atoms with Crippen molar-refractivity contribution in [2.75, 3.05) is 0 Å². The second kappa shape index (κ2) is 9.91. The summed E-state index contributed by atoms with van der Waals surface area (Å²) in [6, 6.07) is 11.7. The van der Waals surface area contributed by atoms with Gasteiger partial charge in [0, 0.05) is 23.9 Å². The van der Waals surface area contributed by atoms with Gasteiger partial charge in [0.2, 0.25) is 5.82 Å². The molecule has 3 aromatic heterocycles. The highest BCUT2D eigenvalue weighted by Gasteiger charge is 2.18. The number of tetrazole rings is 1. The third kappa shape index (κ3) is 4.36. The summed E-state index contributed by atoms with van der Waals surface area (Å²) in [4.78, 5) is 17.6. The van der Waals surface area contributed by atoms with Crippen molar-refractivity contribution in [2.24, 2.45) is 0 Å². The van der Waals surface area contributed by atoms with Crippen molar-refractivity contribution in [3.63, 3.8) is 0 Å². The van der Waals surface area contributed by atoms with Crippen molar-refractivity contribution in [2.45, 2.75) is 52.6 Å². The molecule has 1 N–H and O–H groups in total. The fraction of sp³-hybridized carbons (Fsp3) is 0.348. The molecule has 0 aliphatic heterocycles. The third-order valence-corrected chi connectivity index (χ3v) is 5.97. The monoisotopic (exact) mass is 451 g/mol. The van der Waals surface area contributed by atoms with Gasteiger partial charge in [-0.2, -0.15) is 5.21 Å². The van der Waals surface area contributed by atoms with Crippen molar-refractivity contribution in [3.8, 4) is 22.6 Å². The summed E-state index contributed by atoms with van der Waals surface area (Å²) < 4.78 is 3.41. The van der Waals surface area contributed by atoms with E-state index in [1.807, 2.05) is 49.5 Å². The van der Waals surface area contributed by atoms with Gasteiger partial charge in [0.05, 0.1) is 17.9 Å². The lowest BCUT2D eigenvalue weighted by atomic mass is 10.0. The molecule has 9 heteroatoms. The lowest BCUT2D eigenvalue weighted by Crippen LogP contribution is -2.25. The van der Waals surface area contributed by atoms with Crippen molar-refractivity contribution < 1.29 is 0 Å². The smallest absolute Gasteiger partial charge is 0.290 e. The molecular weight excluding hydrogens is 426 g/mol. The third-order valence-electron chi connectivity index (χ3n) is 5.55. The highest BCUT2D eigenvalue weighted by atomic mass is 35.5. The Morgan fingerprint density at radius 1 is 1.03 bits per heavy atom. The minimum absolute atomic E-state index is 0.0736. The van der Waals surface area contributed by atoms with Crippen LogP contribution in [0.3, 0.4) is 0 Å².